The smallest absolute Gasteiger partial charge is 0.306 e. The Balaban J connectivity index is 2.11. The summed E-state index contributed by atoms with van der Waals surface area (Å²) in [7, 11) is -2.39. The van der Waals surface area contributed by atoms with Gasteiger partial charge in [-0.15, -0.1) is 0 Å². The molecule has 1 rings (SSSR count). The van der Waals surface area contributed by atoms with E-state index in [4.69, 9.17) is 9.63 Å². The van der Waals surface area contributed by atoms with Gasteiger partial charge in [-0.25, -0.2) is 0 Å². The van der Waals surface area contributed by atoms with Gasteiger partial charge in [0.05, 0.1) is 0 Å². The van der Waals surface area contributed by atoms with Crippen LogP contribution in [-0.2, 0) is 20.7 Å². The minimum absolute atomic E-state index is 0.258. The summed E-state index contributed by atoms with van der Waals surface area (Å²) in [6.45, 7) is 0.288. The number of unbranched alkanes of at least 4 members (excludes halogenated alkanes) is 1. The van der Waals surface area contributed by atoms with Gasteiger partial charge in [0.1, 0.15) is 6.61 Å². The van der Waals surface area contributed by atoms with Crippen LogP contribution in [0.1, 0.15) is 24.8 Å². The molecular weight excluding hydrogens is 239 g/mol. The third-order valence-electron chi connectivity index (χ3n) is 2.26. The van der Waals surface area contributed by atoms with Crippen LogP contribution >= 0.6 is 8.03 Å². The second kappa shape index (κ2) is 8.04. The maximum atomic E-state index is 11.3. The standard InChI is InChI=1S/C12H17O4P/c13-12(8-4-5-9-17(14)15)16-10-11-6-2-1-3-7-11/h1-3,6-7,17H,4-5,8-10H2,(H,14,15). The van der Waals surface area contributed by atoms with Gasteiger partial charge in [-0.3, -0.25) is 9.36 Å². The molecule has 0 heterocycles. The Bertz CT molecular complexity index is 364. The van der Waals surface area contributed by atoms with Crippen molar-refractivity contribution in [3.8, 4) is 0 Å². The van der Waals surface area contributed by atoms with Crippen LogP contribution in [0.25, 0.3) is 0 Å². The summed E-state index contributed by atoms with van der Waals surface area (Å²) < 4.78 is 15.5. The Morgan fingerprint density at radius 2 is 1.94 bits per heavy atom. The van der Waals surface area contributed by atoms with Gasteiger partial charge in [-0.2, -0.15) is 0 Å². The molecule has 1 N–H and O–H groups in total. The SMILES string of the molecule is O=C(CCCC[PH](=O)O)OCc1ccccc1. The fourth-order valence-electron chi connectivity index (χ4n) is 1.36. The maximum absolute atomic E-state index is 11.3. The second-order valence-electron chi connectivity index (χ2n) is 3.75. The van der Waals surface area contributed by atoms with Crippen LogP contribution in [-0.4, -0.2) is 17.0 Å². The Kier molecular flexibility index (Phi) is 6.60. The van der Waals surface area contributed by atoms with Crippen LogP contribution in [0.15, 0.2) is 30.3 Å². The first-order valence-corrected chi connectivity index (χ1v) is 7.16. The molecule has 0 bridgehead atoms. The first kappa shape index (κ1) is 13.9. The van der Waals surface area contributed by atoms with E-state index in [0.717, 1.165) is 5.56 Å². The number of rotatable bonds is 7. The van der Waals surface area contributed by atoms with Crippen LogP contribution in [0.4, 0.5) is 0 Å². The molecule has 0 aliphatic carbocycles. The molecule has 1 aromatic rings. The van der Waals surface area contributed by atoms with Gasteiger partial charge in [0.15, 0.2) is 8.03 Å². The van der Waals surface area contributed by atoms with Crippen molar-refractivity contribution >= 4 is 14.0 Å². The summed E-state index contributed by atoms with van der Waals surface area (Å²) >= 11 is 0. The zero-order chi connectivity index (χ0) is 12.5. The summed E-state index contributed by atoms with van der Waals surface area (Å²) in [5, 5.41) is 0. The van der Waals surface area contributed by atoms with Gasteiger partial charge in [0.2, 0.25) is 0 Å². The Morgan fingerprint density at radius 1 is 1.24 bits per heavy atom. The number of esters is 1. The topological polar surface area (TPSA) is 63.6 Å². The number of hydrogen-bond donors (Lipinski definition) is 1. The molecule has 0 saturated heterocycles. The predicted octanol–water partition coefficient (Wildman–Crippen LogP) is 2.37. The van der Waals surface area contributed by atoms with Gasteiger partial charge in [-0.1, -0.05) is 30.3 Å². The molecule has 0 radical (unpaired) electrons. The molecule has 0 spiro atoms. The summed E-state index contributed by atoms with van der Waals surface area (Å²) in [4.78, 5) is 19.9. The molecule has 1 aromatic carbocycles. The van der Waals surface area contributed by atoms with E-state index >= 15 is 0 Å². The molecule has 0 amide bonds. The Labute approximate surface area is 101 Å². The van der Waals surface area contributed by atoms with Gasteiger partial charge in [0, 0.05) is 12.6 Å². The zero-order valence-corrected chi connectivity index (χ0v) is 10.6. The van der Waals surface area contributed by atoms with Crippen LogP contribution in [0, 0.1) is 0 Å². The van der Waals surface area contributed by atoms with Crippen molar-refractivity contribution in [2.75, 3.05) is 6.16 Å². The number of benzene rings is 1. The van der Waals surface area contributed by atoms with E-state index in [1.165, 1.54) is 0 Å². The molecule has 0 aliphatic rings. The summed E-state index contributed by atoms with van der Waals surface area (Å²) in [5.74, 6) is -0.258. The quantitative estimate of drug-likeness (QED) is 0.462. The summed E-state index contributed by atoms with van der Waals surface area (Å²) in [5.41, 5.74) is 0.960. The minimum atomic E-state index is -2.39. The molecule has 17 heavy (non-hydrogen) atoms. The maximum Gasteiger partial charge on any atom is 0.306 e. The molecule has 4 nitrogen and oxygen atoms in total. The van der Waals surface area contributed by atoms with Gasteiger partial charge in [-0.05, 0) is 18.4 Å². The van der Waals surface area contributed by atoms with E-state index in [1.54, 1.807) is 0 Å². The average molecular weight is 256 g/mol. The van der Waals surface area contributed by atoms with Crippen molar-refractivity contribution in [1.82, 2.24) is 0 Å². The molecular formula is C12H17O4P. The van der Waals surface area contributed by atoms with Crippen molar-refractivity contribution < 1.29 is 19.0 Å². The number of ether oxygens (including phenoxy) is 1. The molecule has 1 unspecified atom stereocenters. The highest BCUT2D eigenvalue weighted by Gasteiger charge is 2.03. The molecule has 0 aliphatic heterocycles. The predicted molar refractivity (Wildman–Crippen MR) is 66.2 cm³/mol. The van der Waals surface area contributed by atoms with Gasteiger partial charge >= 0.3 is 5.97 Å². The van der Waals surface area contributed by atoms with Gasteiger partial charge < -0.3 is 9.63 Å². The lowest BCUT2D eigenvalue weighted by Gasteiger charge is -2.04. The monoisotopic (exact) mass is 256 g/mol. The molecule has 5 heteroatoms. The van der Waals surface area contributed by atoms with Crippen molar-refractivity contribution in [2.24, 2.45) is 0 Å². The van der Waals surface area contributed by atoms with E-state index < -0.39 is 8.03 Å². The molecule has 1 atom stereocenters. The minimum Gasteiger partial charge on any atom is -0.461 e. The van der Waals surface area contributed by atoms with E-state index in [0.29, 0.717) is 19.3 Å². The van der Waals surface area contributed by atoms with Crippen molar-refractivity contribution in [3.63, 3.8) is 0 Å². The van der Waals surface area contributed by atoms with Gasteiger partial charge in [0.25, 0.3) is 0 Å². The molecule has 0 aromatic heterocycles. The number of hydrogen-bond acceptors (Lipinski definition) is 3. The van der Waals surface area contributed by atoms with Crippen LogP contribution in [0.5, 0.6) is 0 Å². The van der Waals surface area contributed by atoms with Crippen molar-refractivity contribution in [2.45, 2.75) is 25.9 Å². The van der Waals surface area contributed by atoms with Crippen molar-refractivity contribution in [1.29, 1.82) is 0 Å². The lowest BCUT2D eigenvalue weighted by Crippen LogP contribution is -2.04. The first-order valence-electron chi connectivity index (χ1n) is 5.60. The average Bonchev–Trinajstić information content (AvgIpc) is 2.33. The van der Waals surface area contributed by atoms with E-state index in [2.05, 4.69) is 0 Å². The highest BCUT2D eigenvalue weighted by atomic mass is 31.1. The van der Waals surface area contributed by atoms with Crippen LogP contribution in [0.2, 0.25) is 0 Å². The van der Waals surface area contributed by atoms with Crippen LogP contribution < -0.4 is 0 Å². The molecule has 0 saturated carbocycles. The largest absolute Gasteiger partial charge is 0.461 e. The highest BCUT2D eigenvalue weighted by molar-refractivity contribution is 7.37. The third kappa shape index (κ3) is 6.93. The zero-order valence-electron chi connectivity index (χ0n) is 9.59. The van der Waals surface area contributed by atoms with E-state index in [1.807, 2.05) is 30.3 Å². The fraction of sp³-hybridized carbons (Fsp3) is 0.417. The summed E-state index contributed by atoms with van der Waals surface area (Å²) in [6.07, 6.45) is 1.79. The highest BCUT2D eigenvalue weighted by Crippen LogP contribution is 2.15. The fourth-order valence-corrected chi connectivity index (χ4v) is 1.91. The van der Waals surface area contributed by atoms with E-state index in [-0.39, 0.29) is 18.7 Å². The molecule has 0 fully saturated rings. The van der Waals surface area contributed by atoms with E-state index in [9.17, 15) is 9.36 Å². The first-order chi connectivity index (χ1) is 8.18. The Morgan fingerprint density at radius 3 is 2.59 bits per heavy atom. The number of carbonyl (C=O) groups is 1. The summed E-state index contributed by atoms with van der Waals surface area (Å²) in [6, 6.07) is 9.48. The lowest BCUT2D eigenvalue weighted by atomic mass is 10.2. The Hall–Kier alpha value is -1.12. The number of carbonyl (C=O) groups excluding carboxylic acids is 1. The van der Waals surface area contributed by atoms with Crippen molar-refractivity contribution in [3.05, 3.63) is 35.9 Å². The second-order valence-corrected chi connectivity index (χ2v) is 5.03. The lowest BCUT2D eigenvalue weighted by molar-refractivity contribution is -0.145. The normalized spacial score (nSPS) is 12.1. The molecule has 94 valence electrons. The third-order valence-corrected chi connectivity index (χ3v) is 3.05. The van der Waals surface area contributed by atoms with Crippen LogP contribution in [0.3, 0.4) is 0 Å².